The van der Waals surface area contributed by atoms with Crippen molar-refractivity contribution in [3.63, 3.8) is 0 Å². The Kier molecular flexibility index (Phi) is 5.24. The Labute approximate surface area is 87.9 Å². The zero-order valence-electron chi connectivity index (χ0n) is 8.16. The summed E-state index contributed by atoms with van der Waals surface area (Å²) < 4.78 is 16.2. The molecule has 0 saturated heterocycles. The second kappa shape index (κ2) is 5.96. The van der Waals surface area contributed by atoms with Crippen molar-refractivity contribution in [2.75, 3.05) is 19.7 Å². The van der Waals surface area contributed by atoms with Gasteiger partial charge in [0.05, 0.1) is 18.3 Å². The first-order valence-electron chi connectivity index (χ1n) is 4.53. The number of hydrogen-bond acceptors (Lipinski definition) is 3. The molecule has 0 N–H and O–H groups in total. The third-order valence-corrected chi connectivity index (χ3v) is 2.81. The molecule has 1 aliphatic rings. The predicted octanol–water partition coefficient (Wildman–Crippen LogP) is 1.94. The predicted molar refractivity (Wildman–Crippen MR) is 54.1 cm³/mol. The Morgan fingerprint density at radius 2 is 1.46 bits per heavy atom. The molecule has 3 nitrogen and oxygen atoms in total. The number of ether oxygens (including phenoxy) is 3. The molecule has 0 radical (unpaired) electrons. The van der Waals surface area contributed by atoms with Crippen molar-refractivity contribution >= 4 is 15.9 Å². The Morgan fingerprint density at radius 1 is 1.00 bits per heavy atom. The van der Waals surface area contributed by atoms with E-state index in [1.54, 1.807) is 14.2 Å². The highest BCUT2D eigenvalue weighted by Gasteiger charge is 2.29. The second-order valence-electron chi connectivity index (χ2n) is 3.32. The fraction of sp³-hybridized carbons (Fsp3) is 1.00. The number of hydrogen-bond donors (Lipinski definition) is 0. The van der Waals surface area contributed by atoms with Crippen LogP contribution in [0, 0.1) is 0 Å². The minimum absolute atomic E-state index is 0.267. The molecule has 0 spiro atoms. The molecular formula is C9H17BrO3. The van der Waals surface area contributed by atoms with Crippen LogP contribution < -0.4 is 0 Å². The molecule has 1 fully saturated rings. The first-order chi connectivity index (χ1) is 6.30. The summed E-state index contributed by atoms with van der Waals surface area (Å²) in [5.41, 5.74) is 0.588. The van der Waals surface area contributed by atoms with E-state index in [-0.39, 0.29) is 18.3 Å². The van der Waals surface area contributed by atoms with E-state index in [2.05, 4.69) is 15.9 Å². The average molecular weight is 253 g/mol. The van der Waals surface area contributed by atoms with E-state index >= 15 is 0 Å². The van der Waals surface area contributed by atoms with Crippen molar-refractivity contribution in [2.45, 2.75) is 37.6 Å². The van der Waals surface area contributed by atoms with Gasteiger partial charge in [-0.2, -0.15) is 0 Å². The summed E-state index contributed by atoms with van der Waals surface area (Å²) in [6.07, 6.45) is 3.76. The molecule has 1 saturated carbocycles. The highest BCUT2D eigenvalue weighted by atomic mass is 79.9. The topological polar surface area (TPSA) is 27.7 Å². The van der Waals surface area contributed by atoms with Crippen LogP contribution in [0.2, 0.25) is 0 Å². The molecule has 2 atom stereocenters. The molecule has 13 heavy (non-hydrogen) atoms. The standard InChI is InChI=1S/C9H17BrO3/c1-11-7-3-8(12-2)5-9(4-7)13-6-10/h7-9H,3-6H2,1-2H3. The SMILES string of the molecule is COC1CC(OC)CC(OCBr)C1. The third kappa shape index (κ3) is 3.54. The Morgan fingerprint density at radius 3 is 1.85 bits per heavy atom. The molecular weight excluding hydrogens is 236 g/mol. The fourth-order valence-electron chi connectivity index (χ4n) is 1.78. The number of rotatable bonds is 4. The second-order valence-corrected chi connectivity index (χ2v) is 3.78. The Hall–Kier alpha value is 0.360. The molecule has 78 valence electrons. The van der Waals surface area contributed by atoms with Crippen LogP contribution in [0.1, 0.15) is 19.3 Å². The van der Waals surface area contributed by atoms with E-state index in [4.69, 9.17) is 14.2 Å². The first kappa shape index (κ1) is 11.4. The molecule has 0 heterocycles. The van der Waals surface area contributed by atoms with Crippen molar-refractivity contribution in [1.29, 1.82) is 0 Å². The van der Waals surface area contributed by atoms with Gasteiger partial charge in [-0.05, 0) is 19.3 Å². The maximum Gasteiger partial charge on any atom is 0.102 e. The van der Waals surface area contributed by atoms with Crippen LogP contribution in [-0.4, -0.2) is 38.0 Å². The first-order valence-corrected chi connectivity index (χ1v) is 5.65. The van der Waals surface area contributed by atoms with E-state index < -0.39 is 0 Å². The van der Waals surface area contributed by atoms with Crippen LogP contribution >= 0.6 is 15.9 Å². The summed E-state index contributed by atoms with van der Waals surface area (Å²) >= 11 is 3.26. The normalized spacial score (nSPS) is 34.8. The van der Waals surface area contributed by atoms with Crippen molar-refractivity contribution in [2.24, 2.45) is 0 Å². The van der Waals surface area contributed by atoms with E-state index in [1.807, 2.05) is 0 Å². The molecule has 4 heteroatoms. The van der Waals surface area contributed by atoms with Crippen molar-refractivity contribution in [3.05, 3.63) is 0 Å². The molecule has 1 aliphatic carbocycles. The molecule has 0 amide bonds. The largest absolute Gasteiger partial charge is 0.381 e. The molecule has 0 bridgehead atoms. The summed E-state index contributed by atoms with van der Waals surface area (Å²) in [6, 6.07) is 0. The fourth-order valence-corrected chi connectivity index (χ4v) is 2.15. The molecule has 0 aliphatic heterocycles. The van der Waals surface area contributed by atoms with E-state index in [0.29, 0.717) is 5.52 Å². The van der Waals surface area contributed by atoms with Crippen LogP contribution in [0.15, 0.2) is 0 Å². The zero-order chi connectivity index (χ0) is 9.68. The van der Waals surface area contributed by atoms with Gasteiger partial charge in [-0.3, -0.25) is 0 Å². The van der Waals surface area contributed by atoms with Gasteiger partial charge >= 0.3 is 0 Å². The van der Waals surface area contributed by atoms with E-state index in [1.165, 1.54) is 0 Å². The third-order valence-electron chi connectivity index (χ3n) is 2.54. The smallest absolute Gasteiger partial charge is 0.102 e. The van der Waals surface area contributed by atoms with Crippen LogP contribution in [0.25, 0.3) is 0 Å². The average Bonchev–Trinajstić information content (AvgIpc) is 2.17. The Balaban J connectivity index is 2.39. The number of halogens is 1. The zero-order valence-corrected chi connectivity index (χ0v) is 9.75. The van der Waals surface area contributed by atoms with Crippen molar-refractivity contribution in [3.8, 4) is 0 Å². The molecule has 0 aromatic rings. The Bertz CT molecular complexity index is 131. The van der Waals surface area contributed by atoms with E-state index in [0.717, 1.165) is 19.3 Å². The van der Waals surface area contributed by atoms with Crippen LogP contribution in [-0.2, 0) is 14.2 Å². The maximum absolute atomic E-state index is 5.50. The van der Waals surface area contributed by atoms with Gasteiger partial charge in [-0.15, -0.1) is 0 Å². The summed E-state index contributed by atoms with van der Waals surface area (Å²) in [4.78, 5) is 0. The van der Waals surface area contributed by atoms with Crippen LogP contribution in [0.3, 0.4) is 0 Å². The number of methoxy groups -OCH3 is 2. The summed E-state index contributed by atoms with van der Waals surface area (Å²) in [5.74, 6) is 0. The highest BCUT2D eigenvalue weighted by molar-refractivity contribution is 9.09. The van der Waals surface area contributed by atoms with Gasteiger partial charge < -0.3 is 14.2 Å². The van der Waals surface area contributed by atoms with Gasteiger partial charge in [-0.1, -0.05) is 15.9 Å². The minimum atomic E-state index is 0.267. The van der Waals surface area contributed by atoms with Crippen LogP contribution in [0.5, 0.6) is 0 Å². The maximum atomic E-state index is 5.50. The molecule has 0 aromatic heterocycles. The van der Waals surface area contributed by atoms with Gasteiger partial charge in [0.15, 0.2) is 0 Å². The van der Waals surface area contributed by atoms with Crippen LogP contribution in [0.4, 0.5) is 0 Å². The lowest BCUT2D eigenvalue weighted by molar-refractivity contribution is -0.0717. The van der Waals surface area contributed by atoms with Gasteiger partial charge in [0.1, 0.15) is 5.52 Å². The quantitative estimate of drug-likeness (QED) is 0.716. The molecule has 2 unspecified atom stereocenters. The van der Waals surface area contributed by atoms with Gasteiger partial charge in [0.2, 0.25) is 0 Å². The number of alkyl halides is 1. The van der Waals surface area contributed by atoms with Gasteiger partial charge in [0, 0.05) is 14.2 Å². The van der Waals surface area contributed by atoms with Gasteiger partial charge in [-0.25, -0.2) is 0 Å². The van der Waals surface area contributed by atoms with E-state index in [9.17, 15) is 0 Å². The monoisotopic (exact) mass is 252 g/mol. The summed E-state index contributed by atoms with van der Waals surface area (Å²) in [5, 5.41) is 0. The van der Waals surface area contributed by atoms with Crippen molar-refractivity contribution in [1.82, 2.24) is 0 Å². The summed E-state index contributed by atoms with van der Waals surface area (Å²) in [6.45, 7) is 0. The molecule has 0 aromatic carbocycles. The van der Waals surface area contributed by atoms with Gasteiger partial charge in [0.25, 0.3) is 0 Å². The highest BCUT2D eigenvalue weighted by Crippen LogP contribution is 2.25. The van der Waals surface area contributed by atoms with Crippen molar-refractivity contribution < 1.29 is 14.2 Å². The lowest BCUT2D eigenvalue weighted by Crippen LogP contribution is -2.36. The molecule has 1 rings (SSSR count). The summed E-state index contributed by atoms with van der Waals surface area (Å²) in [7, 11) is 3.49. The lowest BCUT2D eigenvalue weighted by atomic mass is 9.92. The minimum Gasteiger partial charge on any atom is -0.381 e. The lowest BCUT2D eigenvalue weighted by Gasteiger charge is -2.32.